The minimum Gasteiger partial charge on any atom is -0.203 e. The lowest BCUT2D eigenvalue weighted by atomic mass is 9.77. The van der Waals surface area contributed by atoms with Gasteiger partial charge in [-0.15, -0.1) is 0 Å². The summed E-state index contributed by atoms with van der Waals surface area (Å²) >= 11 is 0. The molecule has 4 rings (SSSR count). The highest BCUT2D eigenvalue weighted by Crippen LogP contribution is 2.36. The van der Waals surface area contributed by atoms with Crippen molar-refractivity contribution in [2.24, 2.45) is 23.7 Å². The Morgan fingerprint density at radius 3 is 1.68 bits per heavy atom. The zero-order valence-corrected chi connectivity index (χ0v) is 24.3. The quantitative estimate of drug-likeness (QED) is 0.229. The number of aryl methyl sites for hydroxylation is 2. The van der Waals surface area contributed by atoms with Crippen LogP contribution in [0.1, 0.15) is 128 Å². The van der Waals surface area contributed by atoms with Gasteiger partial charge < -0.3 is 0 Å². The van der Waals surface area contributed by atoms with Crippen LogP contribution in [0.5, 0.6) is 0 Å². The summed E-state index contributed by atoms with van der Waals surface area (Å²) in [5.41, 5.74) is 3.02. The monoisotopic (exact) mass is 522 g/mol. The summed E-state index contributed by atoms with van der Waals surface area (Å²) in [5, 5.41) is 0. The molecule has 210 valence electrons. The van der Waals surface area contributed by atoms with E-state index in [1.807, 2.05) is 18.2 Å². The summed E-state index contributed by atoms with van der Waals surface area (Å²) < 4.78 is 30.2. The molecule has 0 aliphatic heterocycles. The van der Waals surface area contributed by atoms with Crippen molar-refractivity contribution < 1.29 is 8.78 Å². The van der Waals surface area contributed by atoms with Gasteiger partial charge in [0.25, 0.3) is 0 Å². The lowest BCUT2D eigenvalue weighted by molar-refractivity contribution is 0.248. The van der Waals surface area contributed by atoms with Crippen LogP contribution in [0.2, 0.25) is 0 Å². The number of hydrogen-bond donors (Lipinski definition) is 0. The molecule has 2 aromatic rings. The third-order valence-electron chi connectivity index (χ3n) is 9.94. The highest BCUT2D eigenvalue weighted by atomic mass is 19.2. The first kappa shape index (κ1) is 29.3. The summed E-state index contributed by atoms with van der Waals surface area (Å²) in [6, 6.07) is 11.8. The molecule has 2 aliphatic carbocycles. The molecule has 0 bridgehead atoms. The molecule has 2 heteroatoms. The fraction of sp³-hybridized carbons (Fsp3) is 0.667. The van der Waals surface area contributed by atoms with E-state index in [1.165, 1.54) is 102 Å². The van der Waals surface area contributed by atoms with E-state index in [1.54, 1.807) is 6.07 Å². The van der Waals surface area contributed by atoms with Gasteiger partial charge in [-0.3, -0.25) is 0 Å². The molecule has 2 aromatic carbocycles. The number of hydrogen-bond acceptors (Lipinski definition) is 0. The van der Waals surface area contributed by atoms with Crippen molar-refractivity contribution in [2.75, 3.05) is 0 Å². The maximum absolute atomic E-state index is 15.1. The smallest absolute Gasteiger partial charge is 0.166 e. The van der Waals surface area contributed by atoms with Crippen LogP contribution in [-0.4, -0.2) is 0 Å². The lowest BCUT2D eigenvalue weighted by Crippen LogP contribution is -2.15. The summed E-state index contributed by atoms with van der Waals surface area (Å²) in [7, 11) is 0. The topological polar surface area (TPSA) is 0 Å². The second-order valence-corrected chi connectivity index (χ2v) is 12.7. The van der Waals surface area contributed by atoms with Gasteiger partial charge in [0.15, 0.2) is 11.6 Å². The van der Waals surface area contributed by atoms with Crippen LogP contribution in [0.25, 0.3) is 11.1 Å². The SMILES string of the molecule is CCCCC[C@H]1CC[C@H](CCc2ccc(-c3ccc(CC[C@H]4CC[C@H](CCC)CC4)cc3)c(F)c2F)CC1. The molecule has 38 heavy (non-hydrogen) atoms. The van der Waals surface area contributed by atoms with Gasteiger partial charge in [-0.05, 0) is 66.0 Å². The van der Waals surface area contributed by atoms with Crippen molar-refractivity contribution in [3.05, 3.63) is 59.2 Å². The molecule has 0 radical (unpaired) electrons. The van der Waals surface area contributed by atoms with Crippen LogP contribution in [-0.2, 0) is 12.8 Å². The fourth-order valence-corrected chi connectivity index (χ4v) is 7.30. The molecule has 2 fully saturated rings. The molecule has 0 N–H and O–H groups in total. The number of halogens is 2. The summed E-state index contributed by atoms with van der Waals surface area (Å²) in [5.74, 6) is 2.04. The van der Waals surface area contributed by atoms with Crippen molar-refractivity contribution >= 4 is 0 Å². The fourth-order valence-electron chi connectivity index (χ4n) is 7.30. The molecule has 0 spiro atoms. The van der Waals surface area contributed by atoms with Gasteiger partial charge in [-0.1, -0.05) is 140 Å². The maximum Gasteiger partial charge on any atom is 0.166 e. The van der Waals surface area contributed by atoms with Crippen LogP contribution in [0, 0.1) is 35.3 Å². The molecular formula is C36H52F2. The number of unbranched alkanes of at least 4 members (excludes halogenated alkanes) is 2. The molecule has 0 amide bonds. The van der Waals surface area contributed by atoms with Crippen molar-refractivity contribution in [3.8, 4) is 11.1 Å². The van der Waals surface area contributed by atoms with E-state index in [9.17, 15) is 0 Å². The normalized spacial score (nSPS) is 24.0. The first-order valence-electron chi connectivity index (χ1n) is 16.1. The third kappa shape index (κ3) is 8.40. The molecule has 0 heterocycles. The van der Waals surface area contributed by atoms with Crippen LogP contribution >= 0.6 is 0 Å². The van der Waals surface area contributed by atoms with Crippen LogP contribution in [0.3, 0.4) is 0 Å². The van der Waals surface area contributed by atoms with Crippen molar-refractivity contribution in [2.45, 2.75) is 129 Å². The van der Waals surface area contributed by atoms with Crippen LogP contribution in [0.4, 0.5) is 8.78 Å². The zero-order chi connectivity index (χ0) is 26.7. The minimum atomic E-state index is -0.682. The van der Waals surface area contributed by atoms with Crippen LogP contribution in [0.15, 0.2) is 36.4 Å². The van der Waals surface area contributed by atoms with Gasteiger partial charge in [0.05, 0.1) is 0 Å². The van der Waals surface area contributed by atoms with E-state index in [-0.39, 0.29) is 0 Å². The van der Waals surface area contributed by atoms with Gasteiger partial charge in [0.2, 0.25) is 0 Å². The van der Waals surface area contributed by atoms with E-state index in [0.717, 1.165) is 36.2 Å². The van der Waals surface area contributed by atoms with E-state index in [0.29, 0.717) is 23.5 Å². The van der Waals surface area contributed by atoms with Crippen LogP contribution < -0.4 is 0 Å². The second-order valence-electron chi connectivity index (χ2n) is 12.7. The number of benzene rings is 2. The highest BCUT2D eigenvalue weighted by molar-refractivity contribution is 5.65. The van der Waals surface area contributed by atoms with E-state index >= 15 is 8.78 Å². The lowest BCUT2D eigenvalue weighted by Gasteiger charge is -2.28. The Labute approximate surface area is 232 Å². The Bertz CT molecular complexity index is 946. The Hall–Kier alpha value is -1.70. The molecule has 0 aromatic heterocycles. The standard InChI is InChI=1S/C36H52F2/c1-3-5-6-8-28-11-15-30(16-12-28)21-24-33-25-26-34(36(38)35(33)37)32-22-19-31(20-23-32)18-17-29-13-9-27(7-4-2)10-14-29/h19-20,22-23,25-30H,3-18,21,24H2,1-2H3/t27-,28-,29-,30-. The molecule has 0 saturated heterocycles. The molecular weight excluding hydrogens is 470 g/mol. The average Bonchev–Trinajstić information content (AvgIpc) is 2.95. The Morgan fingerprint density at radius 2 is 1.11 bits per heavy atom. The first-order valence-corrected chi connectivity index (χ1v) is 16.1. The van der Waals surface area contributed by atoms with E-state index in [2.05, 4.69) is 26.0 Å². The van der Waals surface area contributed by atoms with E-state index < -0.39 is 11.6 Å². The predicted octanol–water partition coefficient (Wildman–Crippen LogP) is 11.5. The molecule has 2 aliphatic rings. The van der Waals surface area contributed by atoms with E-state index in [4.69, 9.17) is 0 Å². The van der Waals surface area contributed by atoms with Crippen molar-refractivity contribution in [1.82, 2.24) is 0 Å². The molecule has 2 saturated carbocycles. The van der Waals surface area contributed by atoms with Gasteiger partial charge in [-0.2, -0.15) is 0 Å². The Morgan fingerprint density at radius 1 is 0.553 bits per heavy atom. The third-order valence-corrected chi connectivity index (χ3v) is 9.94. The zero-order valence-electron chi connectivity index (χ0n) is 24.3. The van der Waals surface area contributed by atoms with Gasteiger partial charge in [0.1, 0.15) is 0 Å². The van der Waals surface area contributed by atoms with Gasteiger partial charge in [0, 0.05) is 5.56 Å². The van der Waals surface area contributed by atoms with Crippen molar-refractivity contribution in [1.29, 1.82) is 0 Å². The number of rotatable bonds is 13. The summed E-state index contributed by atoms with van der Waals surface area (Å²) in [6.07, 6.45) is 22.8. The molecule has 0 nitrogen and oxygen atoms in total. The highest BCUT2D eigenvalue weighted by Gasteiger charge is 2.23. The second kappa shape index (κ2) is 15.2. The van der Waals surface area contributed by atoms with Gasteiger partial charge >= 0.3 is 0 Å². The van der Waals surface area contributed by atoms with Crippen molar-refractivity contribution in [3.63, 3.8) is 0 Å². The maximum atomic E-state index is 15.1. The molecule has 0 atom stereocenters. The molecule has 0 unspecified atom stereocenters. The minimum absolute atomic E-state index is 0.389. The summed E-state index contributed by atoms with van der Waals surface area (Å²) in [6.45, 7) is 4.56. The first-order chi connectivity index (χ1) is 18.6. The Balaban J connectivity index is 1.24. The summed E-state index contributed by atoms with van der Waals surface area (Å²) in [4.78, 5) is 0. The Kier molecular flexibility index (Phi) is 11.7. The van der Waals surface area contributed by atoms with Gasteiger partial charge in [-0.25, -0.2) is 8.78 Å². The average molecular weight is 523 g/mol. The predicted molar refractivity (Wildman–Crippen MR) is 158 cm³/mol. The largest absolute Gasteiger partial charge is 0.203 e.